The van der Waals surface area contributed by atoms with Gasteiger partial charge in [0.1, 0.15) is 5.52 Å². The number of ether oxygens (including phenoxy) is 2. The number of carbonyl (C=O) groups excluding carboxylic acids is 1. The number of aromatic nitrogens is 2. The van der Waals surface area contributed by atoms with Crippen LogP contribution in [0.4, 0.5) is 0 Å². The summed E-state index contributed by atoms with van der Waals surface area (Å²) in [6.45, 7) is 6.12. The van der Waals surface area contributed by atoms with Crippen molar-refractivity contribution in [3.05, 3.63) is 93.5 Å². The molecule has 2 heterocycles. The number of halogens is 1. The average Bonchev–Trinajstić information content (AvgIpc) is 3.23. The first-order valence-electron chi connectivity index (χ1n) is 11.4. The second-order valence-corrected chi connectivity index (χ2v) is 9.89. The molecule has 182 valence electrons. The number of methoxy groups -OCH3 is 1. The minimum absolute atomic E-state index is 0.222. The van der Waals surface area contributed by atoms with Crippen LogP contribution < -0.4 is 5.56 Å². The maximum Gasteiger partial charge on any atom is 0.341 e. The van der Waals surface area contributed by atoms with Crippen LogP contribution in [0.1, 0.15) is 38.1 Å². The van der Waals surface area contributed by atoms with E-state index in [0.29, 0.717) is 22.8 Å². The van der Waals surface area contributed by atoms with E-state index in [2.05, 4.69) is 0 Å². The minimum Gasteiger partial charge on any atom is -0.467 e. The van der Waals surface area contributed by atoms with Gasteiger partial charge in [-0.2, -0.15) is 0 Å². The van der Waals surface area contributed by atoms with E-state index in [1.807, 2.05) is 80.1 Å². The van der Waals surface area contributed by atoms with E-state index in [4.69, 9.17) is 21.1 Å². The van der Waals surface area contributed by atoms with Crippen LogP contribution in [-0.2, 0) is 27.9 Å². The maximum atomic E-state index is 13.8. The number of rotatable bonds is 6. The molecule has 1 atom stereocenters. The van der Waals surface area contributed by atoms with Crippen LogP contribution in [0.3, 0.4) is 0 Å². The molecule has 7 heteroatoms. The Labute approximate surface area is 209 Å². The van der Waals surface area contributed by atoms with Crippen LogP contribution in [0.5, 0.6) is 0 Å². The highest BCUT2D eigenvalue weighted by atomic mass is 35.5. The van der Waals surface area contributed by atoms with Gasteiger partial charge in [0.2, 0.25) is 0 Å². The SMILES string of the molecule is COC(=O)C(OC(C)(C)C)c1c(-c2ccc(Cl)cc2)c2ccn(Cc3ccccc3)c2c(=O)n1C. The van der Waals surface area contributed by atoms with Gasteiger partial charge >= 0.3 is 5.97 Å². The number of pyridine rings is 1. The van der Waals surface area contributed by atoms with Gasteiger partial charge in [0.25, 0.3) is 5.56 Å². The number of nitrogens with zero attached hydrogens (tertiary/aromatic N) is 2. The molecule has 0 fully saturated rings. The standard InChI is InChI=1S/C28H29ClN2O4/c1-28(2,3)35-25(27(33)34-5)24-22(19-11-13-20(29)14-12-19)21-15-16-31(23(21)26(32)30(24)4)17-18-9-7-6-8-10-18/h6-16,25H,17H2,1-5H3. The van der Waals surface area contributed by atoms with E-state index >= 15 is 0 Å². The summed E-state index contributed by atoms with van der Waals surface area (Å²) >= 11 is 6.17. The number of benzene rings is 2. The lowest BCUT2D eigenvalue weighted by Gasteiger charge is -2.29. The van der Waals surface area contributed by atoms with Gasteiger partial charge in [0.05, 0.1) is 18.4 Å². The molecular formula is C28H29ClN2O4. The molecule has 0 bridgehead atoms. The van der Waals surface area contributed by atoms with Crippen molar-refractivity contribution in [3.63, 3.8) is 0 Å². The van der Waals surface area contributed by atoms with Crippen molar-refractivity contribution in [1.29, 1.82) is 0 Å². The predicted octanol–water partition coefficient (Wildman–Crippen LogP) is 5.74. The molecule has 35 heavy (non-hydrogen) atoms. The zero-order chi connectivity index (χ0) is 25.3. The third-order valence-electron chi connectivity index (χ3n) is 5.82. The molecule has 0 saturated carbocycles. The highest BCUT2D eigenvalue weighted by Crippen LogP contribution is 2.38. The molecule has 4 aromatic rings. The average molecular weight is 493 g/mol. The Morgan fingerprint density at radius 1 is 1.03 bits per heavy atom. The zero-order valence-corrected chi connectivity index (χ0v) is 21.3. The monoisotopic (exact) mass is 492 g/mol. The Morgan fingerprint density at radius 3 is 2.29 bits per heavy atom. The van der Waals surface area contributed by atoms with Crippen molar-refractivity contribution < 1.29 is 14.3 Å². The van der Waals surface area contributed by atoms with Crippen LogP contribution in [-0.4, -0.2) is 27.8 Å². The van der Waals surface area contributed by atoms with Crippen LogP contribution in [0, 0.1) is 0 Å². The molecule has 2 aromatic carbocycles. The number of fused-ring (bicyclic) bond motifs is 1. The fourth-order valence-corrected chi connectivity index (χ4v) is 4.43. The van der Waals surface area contributed by atoms with Crippen molar-refractivity contribution in [2.45, 2.75) is 39.0 Å². The molecule has 6 nitrogen and oxygen atoms in total. The third-order valence-corrected chi connectivity index (χ3v) is 6.07. The van der Waals surface area contributed by atoms with Gasteiger partial charge in [-0.3, -0.25) is 4.79 Å². The number of carbonyl (C=O) groups is 1. The van der Waals surface area contributed by atoms with E-state index in [-0.39, 0.29) is 5.56 Å². The Hall–Kier alpha value is -3.35. The van der Waals surface area contributed by atoms with Crippen LogP contribution in [0.2, 0.25) is 5.02 Å². The van der Waals surface area contributed by atoms with Crippen molar-refractivity contribution >= 4 is 28.5 Å². The predicted molar refractivity (Wildman–Crippen MR) is 139 cm³/mol. The van der Waals surface area contributed by atoms with Crippen molar-refractivity contribution in [1.82, 2.24) is 9.13 Å². The van der Waals surface area contributed by atoms with Crippen LogP contribution >= 0.6 is 11.6 Å². The first-order valence-corrected chi connectivity index (χ1v) is 11.8. The summed E-state index contributed by atoms with van der Waals surface area (Å²) in [7, 11) is 2.98. The van der Waals surface area contributed by atoms with Gasteiger partial charge < -0.3 is 18.6 Å². The van der Waals surface area contributed by atoms with Gasteiger partial charge in [-0.1, -0.05) is 54.1 Å². The first kappa shape index (κ1) is 24.8. The van der Waals surface area contributed by atoms with E-state index in [1.165, 1.54) is 11.7 Å². The first-order chi connectivity index (χ1) is 16.6. The fourth-order valence-electron chi connectivity index (χ4n) is 4.30. The summed E-state index contributed by atoms with van der Waals surface area (Å²) in [5.41, 5.74) is 2.71. The van der Waals surface area contributed by atoms with Gasteiger partial charge in [-0.25, -0.2) is 4.79 Å². The Balaban J connectivity index is 2.05. The largest absolute Gasteiger partial charge is 0.467 e. The molecule has 0 aliphatic rings. The topological polar surface area (TPSA) is 62.5 Å². The number of esters is 1. The summed E-state index contributed by atoms with van der Waals surface area (Å²) in [5.74, 6) is -0.576. The van der Waals surface area contributed by atoms with Gasteiger partial charge in [-0.05, 0) is 50.1 Å². The van der Waals surface area contributed by atoms with E-state index in [1.54, 1.807) is 19.2 Å². The molecule has 0 aliphatic carbocycles. The fraction of sp³-hybridized carbons (Fsp3) is 0.286. The second-order valence-electron chi connectivity index (χ2n) is 9.46. The quantitative estimate of drug-likeness (QED) is 0.322. The highest BCUT2D eigenvalue weighted by Gasteiger charge is 2.34. The van der Waals surface area contributed by atoms with Crippen molar-refractivity contribution in [3.8, 4) is 11.1 Å². The molecule has 4 rings (SSSR count). The Morgan fingerprint density at radius 2 is 1.69 bits per heavy atom. The van der Waals surface area contributed by atoms with Gasteiger partial charge in [-0.15, -0.1) is 0 Å². The molecule has 2 aromatic heterocycles. The Bertz CT molecular complexity index is 1410. The summed E-state index contributed by atoms with van der Waals surface area (Å²) in [6.07, 6.45) is 0.797. The molecule has 0 aliphatic heterocycles. The Kier molecular flexibility index (Phi) is 6.88. The van der Waals surface area contributed by atoms with Crippen molar-refractivity contribution in [2.75, 3.05) is 7.11 Å². The lowest BCUT2D eigenvalue weighted by atomic mass is 9.96. The van der Waals surface area contributed by atoms with E-state index in [9.17, 15) is 9.59 Å². The molecule has 1 unspecified atom stereocenters. The summed E-state index contributed by atoms with van der Waals surface area (Å²) in [6, 6.07) is 19.2. The minimum atomic E-state index is -1.11. The normalized spacial score (nSPS) is 12.6. The number of hydrogen-bond acceptors (Lipinski definition) is 4. The second kappa shape index (κ2) is 9.72. The molecule has 0 amide bonds. The summed E-state index contributed by atoms with van der Waals surface area (Å²) in [5, 5.41) is 1.32. The van der Waals surface area contributed by atoms with Gasteiger partial charge in [0, 0.05) is 35.8 Å². The molecule has 0 radical (unpaired) electrons. The van der Waals surface area contributed by atoms with Crippen LogP contribution in [0.25, 0.3) is 22.0 Å². The molecular weight excluding hydrogens is 464 g/mol. The van der Waals surface area contributed by atoms with Crippen molar-refractivity contribution in [2.24, 2.45) is 7.05 Å². The van der Waals surface area contributed by atoms with Gasteiger partial charge in [0.15, 0.2) is 6.10 Å². The zero-order valence-electron chi connectivity index (χ0n) is 20.5. The molecule has 0 spiro atoms. The smallest absolute Gasteiger partial charge is 0.341 e. The highest BCUT2D eigenvalue weighted by molar-refractivity contribution is 6.30. The molecule has 0 saturated heterocycles. The van der Waals surface area contributed by atoms with Crippen LogP contribution in [0.15, 0.2) is 71.7 Å². The lowest BCUT2D eigenvalue weighted by Crippen LogP contribution is -2.33. The molecule has 0 N–H and O–H groups in total. The summed E-state index contributed by atoms with van der Waals surface area (Å²) in [4.78, 5) is 26.7. The van der Waals surface area contributed by atoms with E-state index < -0.39 is 17.7 Å². The summed E-state index contributed by atoms with van der Waals surface area (Å²) < 4.78 is 14.7. The third kappa shape index (κ3) is 5.04. The number of hydrogen-bond donors (Lipinski definition) is 0. The lowest BCUT2D eigenvalue weighted by molar-refractivity contribution is -0.165. The van der Waals surface area contributed by atoms with E-state index in [0.717, 1.165) is 22.1 Å². The maximum absolute atomic E-state index is 13.8.